The van der Waals surface area contributed by atoms with Gasteiger partial charge in [0.15, 0.2) is 11.3 Å². The molecule has 0 bridgehead atoms. The van der Waals surface area contributed by atoms with Gasteiger partial charge in [-0.1, -0.05) is 6.07 Å². The molecule has 20 heavy (non-hydrogen) atoms. The van der Waals surface area contributed by atoms with E-state index in [2.05, 4.69) is 15.1 Å². The molecule has 0 unspecified atom stereocenters. The van der Waals surface area contributed by atoms with Crippen molar-refractivity contribution in [2.45, 2.75) is 6.54 Å². The van der Waals surface area contributed by atoms with Crippen LogP contribution in [-0.2, 0) is 6.54 Å². The summed E-state index contributed by atoms with van der Waals surface area (Å²) in [5.41, 5.74) is 0.369. The molecular weight excluding hydrogens is 262 g/mol. The van der Waals surface area contributed by atoms with Crippen LogP contribution in [0.5, 0.6) is 0 Å². The zero-order valence-corrected chi connectivity index (χ0v) is 10.2. The van der Waals surface area contributed by atoms with Gasteiger partial charge in [0.25, 0.3) is 0 Å². The molecule has 0 spiro atoms. The second kappa shape index (κ2) is 4.57. The smallest absolute Gasteiger partial charge is 0.354 e. The van der Waals surface area contributed by atoms with E-state index in [1.165, 1.54) is 33.9 Å². The van der Waals surface area contributed by atoms with Crippen LogP contribution in [0.15, 0.2) is 41.7 Å². The topological polar surface area (TPSA) is 102 Å². The molecule has 3 aromatic rings. The van der Waals surface area contributed by atoms with Crippen molar-refractivity contribution in [1.82, 2.24) is 24.1 Å². The van der Waals surface area contributed by atoms with Gasteiger partial charge in [0.2, 0.25) is 0 Å². The fraction of sp³-hybridized carbons (Fsp3) is 0.0833. The van der Waals surface area contributed by atoms with Crippen molar-refractivity contribution in [3.8, 4) is 0 Å². The number of pyridine rings is 1. The van der Waals surface area contributed by atoms with E-state index >= 15 is 0 Å². The Balaban J connectivity index is 2.08. The summed E-state index contributed by atoms with van der Waals surface area (Å²) in [6, 6.07) is 3.22. The van der Waals surface area contributed by atoms with Gasteiger partial charge in [0.1, 0.15) is 0 Å². The van der Waals surface area contributed by atoms with Gasteiger partial charge >= 0.3 is 11.7 Å². The van der Waals surface area contributed by atoms with Crippen molar-refractivity contribution in [3.63, 3.8) is 0 Å². The molecule has 0 radical (unpaired) electrons. The molecule has 0 atom stereocenters. The zero-order valence-electron chi connectivity index (χ0n) is 10.2. The minimum absolute atomic E-state index is 0.0377. The van der Waals surface area contributed by atoms with E-state index in [0.29, 0.717) is 11.2 Å². The molecule has 0 aliphatic heterocycles. The molecule has 8 nitrogen and oxygen atoms in total. The minimum Gasteiger partial charge on any atom is -0.477 e. The van der Waals surface area contributed by atoms with E-state index in [-0.39, 0.29) is 17.9 Å². The lowest BCUT2D eigenvalue weighted by Gasteiger charge is -2.03. The molecule has 0 fully saturated rings. The third kappa shape index (κ3) is 1.92. The fourth-order valence-corrected chi connectivity index (χ4v) is 1.90. The molecule has 0 saturated carbocycles. The van der Waals surface area contributed by atoms with Gasteiger partial charge in [0, 0.05) is 24.2 Å². The molecule has 1 N–H and O–H groups in total. The summed E-state index contributed by atoms with van der Waals surface area (Å²) in [7, 11) is 0. The van der Waals surface area contributed by atoms with Crippen LogP contribution in [0, 0.1) is 0 Å². The summed E-state index contributed by atoms with van der Waals surface area (Å²) in [6.45, 7) is 0.0377. The molecule has 0 amide bonds. The first-order valence-electron chi connectivity index (χ1n) is 5.73. The van der Waals surface area contributed by atoms with Gasteiger partial charge in [-0.3, -0.25) is 4.98 Å². The Morgan fingerprint density at radius 1 is 1.35 bits per heavy atom. The second-order valence-electron chi connectivity index (χ2n) is 4.06. The number of hydrogen-bond acceptors (Lipinski definition) is 5. The standard InChI is InChI=1S/C12H9N5O3/c18-11(19)10-8(2-1-3-14-10)7-17-12(20)16-5-4-13-6-9(16)15-17/h1-6H,7H2,(H,18,19). The first kappa shape index (κ1) is 12.0. The molecule has 0 saturated heterocycles. The van der Waals surface area contributed by atoms with Gasteiger partial charge in [-0.2, -0.15) is 0 Å². The number of aromatic carboxylic acids is 1. The summed E-state index contributed by atoms with van der Waals surface area (Å²) in [6.07, 6.45) is 5.83. The summed E-state index contributed by atoms with van der Waals surface area (Å²) >= 11 is 0. The van der Waals surface area contributed by atoms with Crippen LogP contribution in [0.1, 0.15) is 16.1 Å². The van der Waals surface area contributed by atoms with E-state index in [9.17, 15) is 9.59 Å². The summed E-state index contributed by atoms with van der Waals surface area (Å²) < 4.78 is 2.52. The van der Waals surface area contributed by atoms with Crippen LogP contribution < -0.4 is 5.69 Å². The third-order valence-corrected chi connectivity index (χ3v) is 2.80. The number of nitrogens with zero attached hydrogens (tertiary/aromatic N) is 5. The highest BCUT2D eigenvalue weighted by molar-refractivity contribution is 5.86. The van der Waals surface area contributed by atoms with Crippen molar-refractivity contribution < 1.29 is 9.90 Å². The number of hydrogen-bond donors (Lipinski definition) is 1. The van der Waals surface area contributed by atoms with Gasteiger partial charge in [0.05, 0.1) is 12.7 Å². The number of carbonyl (C=O) groups is 1. The van der Waals surface area contributed by atoms with Crippen molar-refractivity contribution in [3.05, 3.63) is 58.7 Å². The number of fused-ring (bicyclic) bond motifs is 1. The van der Waals surface area contributed by atoms with E-state index < -0.39 is 5.97 Å². The highest BCUT2D eigenvalue weighted by atomic mass is 16.4. The quantitative estimate of drug-likeness (QED) is 0.721. The Morgan fingerprint density at radius 3 is 2.95 bits per heavy atom. The maximum Gasteiger partial charge on any atom is 0.354 e. The lowest BCUT2D eigenvalue weighted by molar-refractivity contribution is 0.0689. The lowest BCUT2D eigenvalue weighted by Crippen LogP contribution is -2.22. The van der Waals surface area contributed by atoms with Crippen molar-refractivity contribution in [1.29, 1.82) is 0 Å². The summed E-state index contributed by atoms with van der Waals surface area (Å²) in [5, 5.41) is 13.2. The Hall–Kier alpha value is -3.03. The van der Waals surface area contributed by atoms with Crippen LogP contribution in [-0.4, -0.2) is 35.2 Å². The SMILES string of the molecule is O=C(O)c1ncccc1Cn1nc2cnccn2c1=O. The van der Waals surface area contributed by atoms with E-state index in [0.717, 1.165) is 0 Å². The maximum atomic E-state index is 12.1. The molecular formula is C12H9N5O3. The third-order valence-electron chi connectivity index (χ3n) is 2.80. The van der Waals surface area contributed by atoms with Crippen LogP contribution in [0.3, 0.4) is 0 Å². The van der Waals surface area contributed by atoms with Crippen molar-refractivity contribution >= 4 is 11.6 Å². The van der Waals surface area contributed by atoms with Crippen LogP contribution in [0.4, 0.5) is 0 Å². The molecule has 0 aromatic carbocycles. The van der Waals surface area contributed by atoms with Crippen LogP contribution >= 0.6 is 0 Å². The number of rotatable bonds is 3. The fourth-order valence-electron chi connectivity index (χ4n) is 1.90. The lowest BCUT2D eigenvalue weighted by atomic mass is 10.2. The van der Waals surface area contributed by atoms with E-state index in [4.69, 9.17) is 5.11 Å². The predicted octanol–water partition coefficient (Wildman–Crippen LogP) is 0.0325. The number of carboxylic acids is 1. The Kier molecular flexibility index (Phi) is 2.75. The van der Waals surface area contributed by atoms with Crippen molar-refractivity contribution in [2.24, 2.45) is 0 Å². The molecule has 3 aromatic heterocycles. The molecule has 100 valence electrons. The monoisotopic (exact) mass is 271 g/mol. The van der Waals surface area contributed by atoms with Crippen LogP contribution in [0.2, 0.25) is 0 Å². The molecule has 0 aliphatic rings. The molecule has 3 rings (SSSR count). The van der Waals surface area contributed by atoms with E-state index in [1.807, 2.05) is 0 Å². The number of aromatic nitrogens is 5. The average molecular weight is 271 g/mol. The normalized spacial score (nSPS) is 10.8. The summed E-state index contributed by atoms with van der Waals surface area (Å²) in [4.78, 5) is 30.8. The average Bonchev–Trinajstić information content (AvgIpc) is 2.76. The molecule has 8 heteroatoms. The molecule has 3 heterocycles. The first-order chi connectivity index (χ1) is 9.66. The second-order valence-corrected chi connectivity index (χ2v) is 4.06. The summed E-state index contributed by atoms with van der Waals surface area (Å²) in [5.74, 6) is -1.14. The van der Waals surface area contributed by atoms with Gasteiger partial charge in [-0.25, -0.2) is 23.7 Å². The Bertz CT molecular complexity index is 851. The van der Waals surface area contributed by atoms with Gasteiger partial charge in [-0.15, -0.1) is 5.10 Å². The van der Waals surface area contributed by atoms with Gasteiger partial charge < -0.3 is 5.11 Å². The van der Waals surface area contributed by atoms with Crippen molar-refractivity contribution in [2.75, 3.05) is 0 Å². The van der Waals surface area contributed by atoms with E-state index in [1.54, 1.807) is 12.1 Å². The van der Waals surface area contributed by atoms with Crippen LogP contribution in [0.25, 0.3) is 5.65 Å². The Morgan fingerprint density at radius 2 is 2.20 bits per heavy atom. The highest BCUT2D eigenvalue weighted by Gasteiger charge is 2.14. The largest absolute Gasteiger partial charge is 0.477 e. The Labute approximate surface area is 112 Å². The first-order valence-corrected chi connectivity index (χ1v) is 5.73. The minimum atomic E-state index is -1.14. The zero-order chi connectivity index (χ0) is 14.1. The number of carboxylic acid groups (broad SMARTS) is 1. The molecule has 0 aliphatic carbocycles. The highest BCUT2D eigenvalue weighted by Crippen LogP contribution is 2.06. The van der Waals surface area contributed by atoms with Gasteiger partial charge in [-0.05, 0) is 6.07 Å². The predicted molar refractivity (Wildman–Crippen MR) is 67.5 cm³/mol. The maximum absolute atomic E-state index is 12.1.